The highest BCUT2D eigenvalue weighted by Crippen LogP contribution is 2.60. The third-order valence-electron chi connectivity index (χ3n) is 6.88. The van der Waals surface area contributed by atoms with E-state index in [-0.39, 0.29) is 12.7 Å². The number of aromatic amines is 1. The third kappa shape index (κ3) is 1.69. The van der Waals surface area contributed by atoms with E-state index in [4.69, 9.17) is 9.47 Å². The second-order valence-electron chi connectivity index (χ2n) is 7.76. The first-order valence-corrected chi connectivity index (χ1v) is 9.16. The molecule has 6 unspecified atom stereocenters. The number of benzene rings is 1. The Balaban J connectivity index is 1.55. The zero-order valence-electron chi connectivity index (χ0n) is 14.2. The number of rotatable bonds is 2. The number of H-pyrrole nitrogens is 1. The van der Waals surface area contributed by atoms with Crippen molar-refractivity contribution >= 4 is 10.9 Å². The van der Waals surface area contributed by atoms with Gasteiger partial charge in [0, 0.05) is 46.7 Å². The lowest BCUT2D eigenvalue weighted by Crippen LogP contribution is -2.59. The van der Waals surface area contributed by atoms with Crippen LogP contribution in [0.1, 0.15) is 29.8 Å². The first-order chi connectivity index (χ1) is 12.3. The monoisotopic (exact) mass is 338 g/mol. The van der Waals surface area contributed by atoms with Crippen LogP contribution in [-0.4, -0.2) is 47.9 Å². The molecule has 0 amide bonds. The molecule has 5 aliphatic rings. The molecule has 25 heavy (non-hydrogen) atoms. The van der Waals surface area contributed by atoms with Crippen molar-refractivity contribution < 1.29 is 14.6 Å². The average Bonchev–Trinajstić information content (AvgIpc) is 3.24. The van der Waals surface area contributed by atoms with Gasteiger partial charge in [0.2, 0.25) is 0 Å². The number of ether oxygens (including phenoxy) is 2. The summed E-state index contributed by atoms with van der Waals surface area (Å²) in [4.78, 5) is 6.31. The number of aromatic nitrogens is 1. The number of aliphatic hydroxyl groups is 1. The number of nitrogens with one attached hydrogen (secondary N) is 1. The maximum absolute atomic E-state index is 9.38. The van der Waals surface area contributed by atoms with Crippen LogP contribution in [0.4, 0.5) is 0 Å². The molecule has 5 heteroatoms. The molecule has 2 aromatic rings. The molecule has 5 nitrogen and oxygen atoms in total. The number of hydrogen-bond donors (Lipinski definition) is 2. The van der Waals surface area contributed by atoms with Crippen molar-refractivity contribution in [3.8, 4) is 5.75 Å². The lowest BCUT2D eigenvalue weighted by molar-refractivity contribution is -0.0335. The van der Waals surface area contributed by atoms with Gasteiger partial charge in [-0.2, -0.15) is 0 Å². The molecule has 1 aromatic carbocycles. The standard InChI is InChI=1S/C20H22N2O3/c1-24-11-2-3-12-15(6-11)21-18-16-7-13-10(4-5-23)8-22(16)19-14(13)9-25-20(19)17(12)18/h2-4,6,13-14,16,19-21,23H,5,7-9H2,1H3/b10-4-. The van der Waals surface area contributed by atoms with Crippen LogP contribution in [0.3, 0.4) is 0 Å². The van der Waals surface area contributed by atoms with E-state index in [1.165, 1.54) is 22.2 Å². The number of nitrogens with zero attached hydrogens (tertiary/aromatic N) is 1. The quantitative estimate of drug-likeness (QED) is 0.826. The number of piperidine rings is 3. The Bertz CT molecular complexity index is 902. The Morgan fingerprint density at radius 2 is 2.36 bits per heavy atom. The van der Waals surface area contributed by atoms with E-state index in [2.05, 4.69) is 22.0 Å². The van der Waals surface area contributed by atoms with Gasteiger partial charge in [-0.1, -0.05) is 11.6 Å². The smallest absolute Gasteiger partial charge is 0.120 e. The van der Waals surface area contributed by atoms with Crippen LogP contribution >= 0.6 is 0 Å². The Morgan fingerprint density at radius 3 is 3.20 bits per heavy atom. The van der Waals surface area contributed by atoms with Crippen molar-refractivity contribution in [3.05, 3.63) is 41.1 Å². The fraction of sp³-hybridized carbons (Fsp3) is 0.500. The van der Waals surface area contributed by atoms with Crippen molar-refractivity contribution in [1.29, 1.82) is 0 Å². The van der Waals surface area contributed by atoms with E-state index in [0.29, 0.717) is 23.9 Å². The molecule has 4 bridgehead atoms. The normalized spacial score (nSPS) is 39.2. The highest BCUT2D eigenvalue weighted by Gasteiger charge is 2.59. The van der Waals surface area contributed by atoms with Gasteiger partial charge in [-0.15, -0.1) is 0 Å². The summed E-state index contributed by atoms with van der Waals surface area (Å²) in [5, 5.41) is 10.7. The van der Waals surface area contributed by atoms with Crippen LogP contribution in [0.5, 0.6) is 5.75 Å². The molecule has 7 rings (SSSR count). The van der Waals surface area contributed by atoms with Gasteiger partial charge < -0.3 is 19.6 Å². The molecule has 0 radical (unpaired) electrons. The lowest BCUT2D eigenvalue weighted by atomic mass is 9.64. The zero-order valence-corrected chi connectivity index (χ0v) is 14.2. The van der Waals surface area contributed by atoms with Crippen molar-refractivity contribution in [3.63, 3.8) is 0 Å². The van der Waals surface area contributed by atoms with Crippen LogP contribution in [-0.2, 0) is 4.74 Å². The van der Waals surface area contributed by atoms with Crippen LogP contribution in [0.2, 0.25) is 0 Å². The van der Waals surface area contributed by atoms with Crippen LogP contribution in [0.15, 0.2) is 29.8 Å². The molecule has 5 aliphatic heterocycles. The van der Waals surface area contributed by atoms with Crippen LogP contribution in [0.25, 0.3) is 10.9 Å². The summed E-state index contributed by atoms with van der Waals surface area (Å²) >= 11 is 0. The maximum atomic E-state index is 9.38. The van der Waals surface area contributed by atoms with Gasteiger partial charge in [0.25, 0.3) is 0 Å². The largest absolute Gasteiger partial charge is 0.497 e. The first kappa shape index (κ1) is 14.4. The molecule has 6 atom stereocenters. The summed E-state index contributed by atoms with van der Waals surface area (Å²) < 4.78 is 11.8. The molecule has 130 valence electrons. The molecule has 1 aromatic heterocycles. The zero-order chi connectivity index (χ0) is 16.7. The minimum atomic E-state index is 0.142. The van der Waals surface area contributed by atoms with Crippen molar-refractivity contribution in [2.75, 3.05) is 26.9 Å². The van der Waals surface area contributed by atoms with Gasteiger partial charge >= 0.3 is 0 Å². The number of aliphatic hydroxyl groups excluding tert-OH is 1. The maximum Gasteiger partial charge on any atom is 0.120 e. The van der Waals surface area contributed by atoms with Crippen molar-refractivity contribution in [2.24, 2.45) is 11.8 Å². The molecule has 0 saturated carbocycles. The first-order valence-electron chi connectivity index (χ1n) is 9.16. The molecule has 6 heterocycles. The van der Waals surface area contributed by atoms with Gasteiger partial charge in [-0.3, -0.25) is 4.90 Å². The highest BCUT2D eigenvalue weighted by molar-refractivity contribution is 5.87. The third-order valence-corrected chi connectivity index (χ3v) is 6.88. The Kier molecular flexibility index (Phi) is 2.80. The molecular weight excluding hydrogens is 316 g/mol. The molecule has 2 N–H and O–H groups in total. The Hall–Kier alpha value is -1.82. The number of hydrogen-bond acceptors (Lipinski definition) is 4. The van der Waals surface area contributed by atoms with Gasteiger partial charge in [0.05, 0.1) is 26.4 Å². The minimum absolute atomic E-state index is 0.142. The van der Waals surface area contributed by atoms with Gasteiger partial charge in [-0.25, -0.2) is 0 Å². The summed E-state index contributed by atoms with van der Waals surface area (Å²) in [6, 6.07) is 7.23. The van der Waals surface area contributed by atoms with E-state index in [0.717, 1.165) is 30.8 Å². The summed E-state index contributed by atoms with van der Waals surface area (Å²) in [5.74, 6) is 1.99. The summed E-state index contributed by atoms with van der Waals surface area (Å²) in [6.45, 7) is 1.94. The van der Waals surface area contributed by atoms with E-state index in [9.17, 15) is 5.11 Å². The fourth-order valence-electron chi connectivity index (χ4n) is 5.93. The van der Waals surface area contributed by atoms with E-state index in [1.54, 1.807) is 7.11 Å². The summed E-state index contributed by atoms with van der Waals surface area (Å²) in [5.41, 5.74) is 5.26. The Morgan fingerprint density at radius 1 is 1.44 bits per heavy atom. The second-order valence-corrected chi connectivity index (χ2v) is 7.76. The van der Waals surface area contributed by atoms with E-state index < -0.39 is 0 Å². The predicted octanol–water partition coefficient (Wildman–Crippen LogP) is 2.54. The lowest BCUT2D eigenvalue weighted by Gasteiger charge is -2.57. The van der Waals surface area contributed by atoms with Crippen LogP contribution in [0, 0.1) is 11.8 Å². The minimum Gasteiger partial charge on any atom is -0.497 e. The molecule has 4 fully saturated rings. The van der Waals surface area contributed by atoms with Gasteiger partial charge in [0.15, 0.2) is 0 Å². The SMILES string of the molecule is COc1ccc2c3c([nH]c2c1)C1CC2/C(=C\CO)CN1C1C3OCC21. The molecular formula is C20H22N2O3. The molecule has 4 saturated heterocycles. The average molecular weight is 338 g/mol. The summed E-state index contributed by atoms with van der Waals surface area (Å²) in [6.07, 6.45) is 3.31. The topological polar surface area (TPSA) is 57.7 Å². The number of methoxy groups -OCH3 is 1. The highest BCUT2D eigenvalue weighted by atomic mass is 16.5. The molecule has 0 spiro atoms. The van der Waals surface area contributed by atoms with E-state index >= 15 is 0 Å². The van der Waals surface area contributed by atoms with Gasteiger partial charge in [-0.05, 0) is 24.5 Å². The Labute approximate surface area is 146 Å². The fourth-order valence-corrected chi connectivity index (χ4v) is 5.93. The van der Waals surface area contributed by atoms with Crippen molar-refractivity contribution in [2.45, 2.75) is 24.6 Å². The van der Waals surface area contributed by atoms with Crippen LogP contribution < -0.4 is 4.74 Å². The van der Waals surface area contributed by atoms with Crippen molar-refractivity contribution in [1.82, 2.24) is 9.88 Å². The molecule has 0 aliphatic carbocycles. The van der Waals surface area contributed by atoms with E-state index in [1.807, 2.05) is 12.1 Å². The second kappa shape index (κ2) is 4.87. The van der Waals surface area contributed by atoms with Gasteiger partial charge in [0.1, 0.15) is 11.9 Å². The number of fused-ring (bicyclic) bond motifs is 5. The predicted molar refractivity (Wildman–Crippen MR) is 93.5 cm³/mol. The summed E-state index contributed by atoms with van der Waals surface area (Å²) in [7, 11) is 1.71.